The van der Waals surface area contributed by atoms with Gasteiger partial charge in [-0.15, -0.1) is 0 Å². The molecule has 1 amide bonds. The summed E-state index contributed by atoms with van der Waals surface area (Å²) in [6.07, 6.45) is 2.91. The molecule has 2 rings (SSSR count). The lowest BCUT2D eigenvalue weighted by molar-refractivity contribution is 0.0942. The number of rotatable bonds is 3. The van der Waals surface area contributed by atoms with E-state index in [1.165, 1.54) is 18.5 Å². The van der Waals surface area contributed by atoms with Gasteiger partial charge in [0.1, 0.15) is 11.3 Å². The topological polar surface area (TPSA) is 80.9 Å². The Hall–Kier alpha value is -2.08. The summed E-state index contributed by atoms with van der Waals surface area (Å²) in [5.74, 6) is -0.925. The minimum atomic E-state index is -0.520. The van der Waals surface area contributed by atoms with Crippen molar-refractivity contribution in [2.75, 3.05) is 6.54 Å². The van der Waals surface area contributed by atoms with E-state index in [0.717, 1.165) is 6.07 Å². The quantitative estimate of drug-likeness (QED) is 0.843. The number of halogens is 1. The molecule has 1 aromatic carbocycles. The summed E-state index contributed by atoms with van der Waals surface area (Å²) in [6, 6.07) is 2.20. The normalized spacial score (nSPS) is 12.4. The van der Waals surface area contributed by atoms with E-state index in [1.807, 2.05) is 0 Å². The van der Waals surface area contributed by atoms with E-state index in [1.54, 1.807) is 6.92 Å². The van der Waals surface area contributed by atoms with Gasteiger partial charge in [-0.05, 0) is 13.0 Å². The number of nitrogens with two attached hydrogens (primary N) is 1. The molecular weight excluding hydrogens is 235 g/mol. The Morgan fingerprint density at radius 2 is 2.17 bits per heavy atom. The molecule has 0 aliphatic heterocycles. The second kappa shape index (κ2) is 5.05. The average Bonchev–Trinajstić information content (AvgIpc) is 2.37. The molecule has 0 fully saturated rings. The first-order valence-corrected chi connectivity index (χ1v) is 5.53. The number of fused-ring (bicyclic) bond motifs is 1. The monoisotopic (exact) mass is 248 g/mol. The molecule has 2 aromatic rings. The van der Waals surface area contributed by atoms with E-state index < -0.39 is 11.7 Å². The molecule has 0 unspecified atom stereocenters. The maximum Gasteiger partial charge on any atom is 0.253 e. The van der Waals surface area contributed by atoms with Crippen LogP contribution in [0.15, 0.2) is 24.5 Å². The summed E-state index contributed by atoms with van der Waals surface area (Å²) in [6.45, 7) is 2.08. The summed E-state index contributed by atoms with van der Waals surface area (Å²) in [7, 11) is 0. The van der Waals surface area contributed by atoms with Gasteiger partial charge in [-0.1, -0.05) is 0 Å². The number of nitrogens with zero attached hydrogens (tertiary/aromatic N) is 2. The SMILES string of the molecule is C[C@@H](CN)NC(=O)c1cc(F)cc2nccnc12. The molecule has 3 N–H and O–H groups in total. The zero-order chi connectivity index (χ0) is 13.1. The van der Waals surface area contributed by atoms with Crippen LogP contribution in [0.25, 0.3) is 11.0 Å². The molecule has 18 heavy (non-hydrogen) atoms. The van der Waals surface area contributed by atoms with Gasteiger partial charge < -0.3 is 11.1 Å². The summed E-state index contributed by atoms with van der Waals surface area (Å²) in [4.78, 5) is 20.0. The molecule has 0 radical (unpaired) electrons. The molecule has 1 aromatic heterocycles. The van der Waals surface area contributed by atoms with E-state index in [-0.39, 0.29) is 11.6 Å². The fourth-order valence-electron chi connectivity index (χ4n) is 1.57. The van der Waals surface area contributed by atoms with Gasteiger partial charge in [-0.25, -0.2) is 4.39 Å². The molecule has 5 nitrogen and oxygen atoms in total. The van der Waals surface area contributed by atoms with Crippen molar-refractivity contribution in [1.82, 2.24) is 15.3 Å². The number of hydrogen-bond donors (Lipinski definition) is 2. The minimum absolute atomic E-state index is 0.165. The first-order chi connectivity index (χ1) is 8.61. The van der Waals surface area contributed by atoms with Crippen LogP contribution >= 0.6 is 0 Å². The lowest BCUT2D eigenvalue weighted by Gasteiger charge is -2.12. The third-order valence-corrected chi connectivity index (χ3v) is 2.51. The van der Waals surface area contributed by atoms with E-state index in [4.69, 9.17) is 5.73 Å². The Kier molecular flexibility index (Phi) is 3.47. The van der Waals surface area contributed by atoms with Gasteiger partial charge in [0.05, 0.1) is 11.1 Å². The van der Waals surface area contributed by atoms with Crippen molar-refractivity contribution in [2.24, 2.45) is 5.73 Å². The van der Waals surface area contributed by atoms with Gasteiger partial charge in [0.25, 0.3) is 5.91 Å². The smallest absolute Gasteiger partial charge is 0.253 e. The van der Waals surface area contributed by atoms with Crippen molar-refractivity contribution < 1.29 is 9.18 Å². The average molecular weight is 248 g/mol. The van der Waals surface area contributed by atoms with Crippen molar-refractivity contribution in [3.63, 3.8) is 0 Å². The van der Waals surface area contributed by atoms with Crippen LogP contribution in [0.4, 0.5) is 4.39 Å². The molecule has 0 bridgehead atoms. The van der Waals surface area contributed by atoms with Crippen LogP contribution in [0.2, 0.25) is 0 Å². The number of nitrogens with one attached hydrogen (secondary N) is 1. The van der Waals surface area contributed by atoms with Crippen LogP contribution in [0.3, 0.4) is 0 Å². The Bertz CT molecular complexity index is 587. The van der Waals surface area contributed by atoms with Crippen LogP contribution < -0.4 is 11.1 Å². The van der Waals surface area contributed by atoms with E-state index in [0.29, 0.717) is 17.6 Å². The number of amides is 1. The van der Waals surface area contributed by atoms with Crippen molar-refractivity contribution in [2.45, 2.75) is 13.0 Å². The number of aromatic nitrogens is 2. The highest BCUT2D eigenvalue weighted by Gasteiger charge is 2.15. The highest BCUT2D eigenvalue weighted by atomic mass is 19.1. The summed E-state index contributed by atoms with van der Waals surface area (Å²) in [5.41, 5.74) is 6.31. The molecule has 0 saturated heterocycles. The second-order valence-corrected chi connectivity index (χ2v) is 3.99. The molecule has 6 heteroatoms. The van der Waals surface area contributed by atoms with Crippen molar-refractivity contribution in [3.05, 3.63) is 35.9 Å². The van der Waals surface area contributed by atoms with Crippen LogP contribution in [-0.4, -0.2) is 28.5 Å². The highest BCUT2D eigenvalue weighted by molar-refractivity contribution is 6.04. The Morgan fingerprint density at radius 1 is 1.44 bits per heavy atom. The van der Waals surface area contributed by atoms with Crippen LogP contribution in [0.1, 0.15) is 17.3 Å². The molecule has 0 aliphatic carbocycles. The third kappa shape index (κ3) is 2.43. The standard InChI is InChI=1S/C12H13FN4O/c1-7(6-14)17-12(18)9-4-8(13)5-10-11(9)16-3-2-15-10/h2-5,7H,6,14H2,1H3,(H,17,18)/t7-/m0/s1. The number of hydrogen-bond acceptors (Lipinski definition) is 4. The largest absolute Gasteiger partial charge is 0.348 e. The first kappa shape index (κ1) is 12.4. The molecule has 1 heterocycles. The zero-order valence-electron chi connectivity index (χ0n) is 9.85. The van der Waals surface area contributed by atoms with Crippen molar-refractivity contribution in [1.29, 1.82) is 0 Å². The number of carbonyl (C=O) groups excluding carboxylic acids is 1. The van der Waals surface area contributed by atoms with Gasteiger partial charge in [0.2, 0.25) is 0 Å². The second-order valence-electron chi connectivity index (χ2n) is 3.99. The number of carbonyl (C=O) groups is 1. The van der Waals surface area contributed by atoms with Gasteiger partial charge in [0.15, 0.2) is 0 Å². The van der Waals surface area contributed by atoms with E-state index in [2.05, 4.69) is 15.3 Å². The van der Waals surface area contributed by atoms with Gasteiger partial charge >= 0.3 is 0 Å². The Labute approximate surface area is 103 Å². The molecule has 94 valence electrons. The van der Waals surface area contributed by atoms with Crippen LogP contribution in [0.5, 0.6) is 0 Å². The van der Waals surface area contributed by atoms with Crippen molar-refractivity contribution in [3.8, 4) is 0 Å². The van der Waals surface area contributed by atoms with Crippen LogP contribution in [0, 0.1) is 5.82 Å². The fraction of sp³-hybridized carbons (Fsp3) is 0.250. The molecule has 1 atom stereocenters. The van der Waals surface area contributed by atoms with Gasteiger partial charge in [-0.3, -0.25) is 14.8 Å². The van der Waals surface area contributed by atoms with Crippen LogP contribution in [-0.2, 0) is 0 Å². The number of benzene rings is 1. The van der Waals surface area contributed by atoms with Gasteiger partial charge in [0, 0.05) is 31.0 Å². The third-order valence-electron chi connectivity index (χ3n) is 2.51. The maximum absolute atomic E-state index is 13.4. The Morgan fingerprint density at radius 3 is 2.89 bits per heavy atom. The lowest BCUT2D eigenvalue weighted by atomic mass is 10.1. The van der Waals surface area contributed by atoms with E-state index >= 15 is 0 Å². The molecule has 0 aliphatic rings. The zero-order valence-corrected chi connectivity index (χ0v) is 9.85. The maximum atomic E-state index is 13.4. The summed E-state index contributed by atoms with van der Waals surface area (Å²) in [5, 5.41) is 2.67. The highest BCUT2D eigenvalue weighted by Crippen LogP contribution is 2.16. The molecule has 0 spiro atoms. The summed E-state index contributed by atoms with van der Waals surface area (Å²) < 4.78 is 13.4. The minimum Gasteiger partial charge on any atom is -0.348 e. The van der Waals surface area contributed by atoms with Crippen molar-refractivity contribution >= 4 is 16.9 Å². The predicted octanol–water partition coefficient (Wildman–Crippen LogP) is 0.846. The predicted molar refractivity (Wildman–Crippen MR) is 65.5 cm³/mol. The molecule has 0 saturated carbocycles. The molecular formula is C12H13FN4O. The summed E-state index contributed by atoms with van der Waals surface area (Å²) >= 11 is 0. The fourth-order valence-corrected chi connectivity index (χ4v) is 1.57. The van der Waals surface area contributed by atoms with E-state index in [9.17, 15) is 9.18 Å². The first-order valence-electron chi connectivity index (χ1n) is 5.53. The lowest BCUT2D eigenvalue weighted by Crippen LogP contribution is -2.38. The van der Waals surface area contributed by atoms with Gasteiger partial charge in [-0.2, -0.15) is 0 Å². The Balaban J connectivity index is 2.46.